The van der Waals surface area contributed by atoms with E-state index in [9.17, 15) is 13.2 Å². The Balaban J connectivity index is 0.000000265. The Hall–Kier alpha value is -1.66. The van der Waals surface area contributed by atoms with Gasteiger partial charge in [0.25, 0.3) is 0 Å². The second-order valence-corrected chi connectivity index (χ2v) is 2.57. The molecule has 0 radical (unpaired) electrons. The van der Waals surface area contributed by atoms with Gasteiger partial charge in [-0.15, -0.1) is 6.42 Å². The van der Waals surface area contributed by atoms with Gasteiger partial charge in [-0.3, -0.25) is 0 Å². The molecule has 0 atom stereocenters. The molecule has 2 N–H and O–H groups in total. The molecule has 15 heavy (non-hydrogen) atoms. The highest BCUT2D eigenvalue weighted by atomic mass is 19.4. The summed E-state index contributed by atoms with van der Waals surface area (Å²) in [5, 5.41) is 10.2. The SMILES string of the molecule is C#CC#CC1CNC1.O=C(O)C(F)(F)F. The Kier molecular flexibility index (Phi) is 5.29. The second-order valence-electron chi connectivity index (χ2n) is 2.57. The Morgan fingerprint density at radius 3 is 2.13 bits per heavy atom. The zero-order valence-electron chi connectivity index (χ0n) is 7.56. The third-order valence-corrected chi connectivity index (χ3v) is 1.37. The van der Waals surface area contributed by atoms with Crippen LogP contribution in [-0.4, -0.2) is 30.3 Å². The molecule has 82 valence electrons. The van der Waals surface area contributed by atoms with Crippen molar-refractivity contribution < 1.29 is 23.1 Å². The smallest absolute Gasteiger partial charge is 0.475 e. The van der Waals surface area contributed by atoms with Gasteiger partial charge in [-0.2, -0.15) is 13.2 Å². The molecule has 1 aliphatic rings. The molecule has 3 nitrogen and oxygen atoms in total. The summed E-state index contributed by atoms with van der Waals surface area (Å²) >= 11 is 0. The first-order chi connectivity index (χ1) is 6.88. The van der Waals surface area contributed by atoms with E-state index in [1.54, 1.807) is 0 Å². The first-order valence-corrected chi connectivity index (χ1v) is 3.85. The van der Waals surface area contributed by atoms with Crippen LogP contribution in [0.3, 0.4) is 0 Å². The summed E-state index contributed by atoms with van der Waals surface area (Å²) in [5.41, 5.74) is 0. The van der Waals surface area contributed by atoms with Crippen LogP contribution in [-0.2, 0) is 4.79 Å². The van der Waals surface area contributed by atoms with Crippen molar-refractivity contribution in [1.29, 1.82) is 0 Å². The van der Waals surface area contributed by atoms with Crippen LogP contribution >= 0.6 is 0 Å². The van der Waals surface area contributed by atoms with Crippen molar-refractivity contribution in [3.63, 3.8) is 0 Å². The molecule has 0 saturated carbocycles. The van der Waals surface area contributed by atoms with Crippen LogP contribution in [0.2, 0.25) is 0 Å². The van der Waals surface area contributed by atoms with Gasteiger partial charge in [0.05, 0.1) is 0 Å². The topological polar surface area (TPSA) is 49.3 Å². The molecular weight excluding hydrogens is 211 g/mol. The molecule has 1 rings (SSSR count). The molecule has 1 heterocycles. The Labute approximate surface area is 84.7 Å². The van der Waals surface area contributed by atoms with Crippen molar-refractivity contribution in [3.05, 3.63) is 0 Å². The van der Waals surface area contributed by atoms with Crippen LogP contribution in [0, 0.1) is 30.1 Å². The average Bonchev–Trinajstić information content (AvgIpc) is 2.01. The van der Waals surface area contributed by atoms with Gasteiger partial charge in [0.2, 0.25) is 0 Å². The van der Waals surface area contributed by atoms with Gasteiger partial charge in [0, 0.05) is 19.0 Å². The molecule has 6 heteroatoms. The predicted molar refractivity (Wildman–Crippen MR) is 46.7 cm³/mol. The predicted octanol–water partition coefficient (Wildman–Crippen LogP) is 0.476. The van der Waals surface area contributed by atoms with Crippen molar-refractivity contribution in [1.82, 2.24) is 5.32 Å². The van der Waals surface area contributed by atoms with Crippen LogP contribution < -0.4 is 5.32 Å². The first-order valence-electron chi connectivity index (χ1n) is 3.85. The molecule has 0 bridgehead atoms. The highest BCUT2D eigenvalue weighted by Gasteiger charge is 2.38. The Bertz CT molecular complexity index is 315. The molecule has 0 aromatic heterocycles. The van der Waals surface area contributed by atoms with Crippen LogP contribution in [0.4, 0.5) is 13.2 Å². The van der Waals surface area contributed by atoms with Crippen molar-refractivity contribution in [3.8, 4) is 24.2 Å². The maximum absolute atomic E-state index is 10.6. The highest BCUT2D eigenvalue weighted by molar-refractivity contribution is 5.73. The van der Waals surface area contributed by atoms with Gasteiger partial charge >= 0.3 is 12.1 Å². The first kappa shape index (κ1) is 13.3. The minimum atomic E-state index is -5.08. The zero-order chi connectivity index (χ0) is 11.9. The summed E-state index contributed by atoms with van der Waals surface area (Å²) in [4.78, 5) is 8.90. The minimum absolute atomic E-state index is 0.519. The van der Waals surface area contributed by atoms with E-state index >= 15 is 0 Å². The molecule has 0 unspecified atom stereocenters. The Morgan fingerprint density at radius 2 is 1.93 bits per heavy atom. The summed E-state index contributed by atoms with van der Waals surface area (Å²) in [7, 11) is 0. The summed E-state index contributed by atoms with van der Waals surface area (Å²) < 4.78 is 31.7. The number of alkyl halides is 3. The van der Waals surface area contributed by atoms with E-state index in [1.807, 2.05) is 0 Å². The largest absolute Gasteiger partial charge is 0.490 e. The number of carbonyl (C=O) groups is 1. The van der Waals surface area contributed by atoms with Gasteiger partial charge in [0.1, 0.15) is 0 Å². The fourth-order valence-corrected chi connectivity index (χ4v) is 0.534. The molecule has 1 fully saturated rings. The number of hydrogen-bond donors (Lipinski definition) is 2. The maximum atomic E-state index is 10.6. The van der Waals surface area contributed by atoms with Crippen molar-refractivity contribution in [2.75, 3.05) is 13.1 Å². The molecule has 1 aliphatic heterocycles. The molecule has 0 amide bonds. The number of terminal acetylenes is 1. The lowest BCUT2D eigenvalue weighted by Gasteiger charge is -2.20. The van der Waals surface area contributed by atoms with Crippen LogP contribution in [0.25, 0.3) is 0 Å². The second kappa shape index (κ2) is 5.94. The summed E-state index contributed by atoms with van der Waals surface area (Å²) in [6.07, 6.45) is -0.172. The van der Waals surface area contributed by atoms with E-state index in [1.165, 1.54) is 0 Å². The molecular formula is C9H8F3NO2. The van der Waals surface area contributed by atoms with Gasteiger partial charge in [-0.1, -0.05) is 5.92 Å². The van der Waals surface area contributed by atoms with E-state index in [-0.39, 0.29) is 0 Å². The van der Waals surface area contributed by atoms with E-state index in [0.29, 0.717) is 5.92 Å². The van der Waals surface area contributed by atoms with Crippen LogP contribution in [0.15, 0.2) is 0 Å². The minimum Gasteiger partial charge on any atom is -0.475 e. The van der Waals surface area contributed by atoms with E-state index in [0.717, 1.165) is 13.1 Å². The molecule has 1 saturated heterocycles. The Morgan fingerprint density at radius 1 is 1.47 bits per heavy atom. The zero-order valence-corrected chi connectivity index (χ0v) is 7.56. The molecule has 0 spiro atoms. The normalized spacial score (nSPS) is 14.5. The lowest BCUT2D eigenvalue weighted by Crippen LogP contribution is -2.40. The van der Waals surface area contributed by atoms with Gasteiger partial charge < -0.3 is 10.4 Å². The monoisotopic (exact) mass is 219 g/mol. The standard InChI is InChI=1S/C7H7N.C2HF3O2/c1-2-3-4-7-5-8-6-7;3-2(4,5)1(6)7/h1,7-8H,5-6H2;(H,6,7). The van der Waals surface area contributed by atoms with E-state index in [2.05, 4.69) is 23.1 Å². The summed E-state index contributed by atoms with van der Waals surface area (Å²) in [6, 6.07) is 0. The number of rotatable bonds is 0. The number of halogens is 3. The lowest BCUT2D eigenvalue weighted by molar-refractivity contribution is -0.192. The van der Waals surface area contributed by atoms with Crippen LogP contribution in [0.5, 0.6) is 0 Å². The van der Waals surface area contributed by atoms with Gasteiger partial charge in [0.15, 0.2) is 0 Å². The van der Waals surface area contributed by atoms with Crippen molar-refractivity contribution in [2.24, 2.45) is 5.92 Å². The number of carboxylic acids is 1. The molecule has 0 aliphatic carbocycles. The maximum Gasteiger partial charge on any atom is 0.490 e. The molecule has 0 aromatic carbocycles. The number of nitrogens with one attached hydrogen (secondary N) is 1. The van der Waals surface area contributed by atoms with Crippen molar-refractivity contribution >= 4 is 5.97 Å². The number of carboxylic acid groups (broad SMARTS) is 1. The third-order valence-electron chi connectivity index (χ3n) is 1.37. The fourth-order valence-electron chi connectivity index (χ4n) is 0.534. The number of hydrogen-bond acceptors (Lipinski definition) is 2. The van der Waals surface area contributed by atoms with Gasteiger partial charge in [-0.25, -0.2) is 4.79 Å². The van der Waals surface area contributed by atoms with E-state index in [4.69, 9.17) is 16.3 Å². The highest BCUT2D eigenvalue weighted by Crippen LogP contribution is 2.13. The van der Waals surface area contributed by atoms with Crippen molar-refractivity contribution in [2.45, 2.75) is 6.18 Å². The quantitative estimate of drug-likeness (QED) is 0.582. The van der Waals surface area contributed by atoms with Crippen LogP contribution in [0.1, 0.15) is 0 Å². The van der Waals surface area contributed by atoms with E-state index < -0.39 is 12.1 Å². The van der Waals surface area contributed by atoms with Gasteiger partial charge in [-0.05, 0) is 11.8 Å². The number of aliphatic carboxylic acids is 1. The summed E-state index contributed by atoms with van der Waals surface area (Å²) in [5.74, 6) is 5.55. The average molecular weight is 219 g/mol. The molecule has 0 aromatic rings. The summed E-state index contributed by atoms with van der Waals surface area (Å²) in [6.45, 7) is 2.02. The lowest BCUT2D eigenvalue weighted by atomic mass is 10.1. The fraction of sp³-hybridized carbons (Fsp3) is 0.444. The third kappa shape index (κ3) is 6.42.